The van der Waals surface area contributed by atoms with Gasteiger partial charge < -0.3 is 0 Å². The van der Waals surface area contributed by atoms with Crippen molar-refractivity contribution in [1.29, 1.82) is 0 Å². The Hall–Kier alpha value is -3.03. The number of thioether (sulfide) groups is 1. The molecule has 0 radical (unpaired) electrons. The van der Waals surface area contributed by atoms with E-state index in [1.165, 1.54) is 78.2 Å². The van der Waals surface area contributed by atoms with Gasteiger partial charge in [0.2, 0.25) is 0 Å². The van der Waals surface area contributed by atoms with E-state index in [9.17, 15) is 0 Å². The second-order valence-corrected chi connectivity index (χ2v) is 10.4. The van der Waals surface area contributed by atoms with Gasteiger partial charge in [0.05, 0.1) is 0 Å². The van der Waals surface area contributed by atoms with E-state index in [0.29, 0.717) is 5.92 Å². The average molecular weight is 429 g/mol. The molecule has 32 heavy (non-hydrogen) atoms. The maximum atomic E-state index is 2.43. The molecule has 0 saturated carbocycles. The van der Waals surface area contributed by atoms with Gasteiger partial charge in [-0.1, -0.05) is 60.7 Å². The summed E-state index contributed by atoms with van der Waals surface area (Å²) in [5, 5.41) is 13.7. The summed E-state index contributed by atoms with van der Waals surface area (Å²) >= 11 is 2.11. The summed E-state index contributed by atoms with van der Waals surface area (Å²) in [6.07, 6.45) is 2.57. The summed E-state index contributed by atoms with van der Waals surface area (Å²) in [6, 6.07) is 34.4. The van der Waals surface area contributed by atoms with Crippen LogP contribution in [-0.4, -0.2) is 11.5 Å². The van der Waals surface area contributed by atoms with Crippen molar-refractivity contribution in [2.75, 3.05) is 11.5 Å². The minimum atomic E-state index is 0.659. The fourth-order valence-corrected chi connectivity index (χ4v) is 6.88. The SMILES string of the molecule is c1ccc2cc3cc4c(ccc5c(C6CCSCC6)c6ccccc6cc54)cc3cc2c1. The van der Waals surface area contributed by atoms with Gasteiger partial charge in [0.1, 0.15) is 0 Å². The summed E-state index contributed by atoms with van der Waals surface area (Å²) < 4.78 is 0. The van der Waals surface area contributed by atoms with Crippen molar-refractivity contribution in [3.05, 3.63) is 96.6 Å². The molecule has 0 bridgehead atoms. The lowest BCUT2D eigenvalue weighted by Gasteiger charge is -2.25. The predicted octanol–water partition coefficient (Wildman–Crippen LogP) is 9.06. The highest BCUT2D eigenvalue weighted by molar-refractivity contribution is 7.99. The first-order chi connectivity index (χ1) is 15.8. The quantitative estimate of drug-likeness (QED) is 0.186. The molecule has 6 aromatic carbocycles. The summed E-state index contributed by atoms with van der Waals surface area (Å²) in [7, 11) is 0. The smallest absolute Gasteiger partial charge is 0.00617 e. The molecule has 1 saturated heterocycles. The van der Waals surface area contributed by atoms with Crippen LogP contribution < -0.4 is 0 Å². The van der Waals surface area contributed by atoms with Crippen LogP contribution in [0.4, 0.5) is 0 Å². The van der Waals surface area contributed by atoms with E-state index >= 15 is 0 Å². The summed E-state index contributed by atoms with van der Waals surface area (Å²) in [5.41, 5.74) is 1.58. The lowest BCUT2D eigenvalue weighted by Crippen LogP contribution is -2.09. The van der Waals surface area contributed by atoms with Gasteiger partial charge in [-0.15, -0.1) is 0 Å². The van der Waals surface area contributed by atoms with E-state index in [1.54, 1.807) is 5.56 Å². The Morgan fingerprint density at radius 2 is 1.06 bits per heavy atom. The van der Waals surface area contributed by atoms with Gasteiger partial charge in [-0.2, -0.15) is 11.8 Å². The molecule has 0 aromatic heterocycles. The molecule has 154 valence electrons. The molecular formula is C31H24S. The first kappa shape index (κ1) is 18.5. The Kier molecular flexibility index (Phi) is 4.20. The molecule has 0 amide bonds. The van der Waals surface area contributed by atoms with Crippen molar-refractivity contribution in [1.82, 2.24) is 0 Å². The minimum absolute atomic E-state index is 0.659. The number of rotatable bonds is 1. The van der Waals surface area contributed by atoms with Crippen LogP contribution in [0.25, 0.3) is 53.9 Å². The van der Waals surface area contributed by atoms with Crippen LogP contribution in [0.2, 0.25) is 0 Å². The van der Waals surface area contributed by atoms with Crippen molar-refractivity contribution in [2.45, 2.75) is 18.8 Å². The van der Waals surface area contributed by atoms with Crippen molar-refractivity contribution in [3.8, 4) is 0 Å². The Labute approximate surface area is 192 Å². The molecule has 1 fully saturated rings. The fraction of sp³-hybridized carbons (Fsp3) is 0.161. The number of hydrogen-bond donors (Lipinski definition) is 0. The molecule has 1 aliphatic heterocycles. The molecule has 1 heteroatoms. The zero-order valence-electron chi connectivity index (χ0n) is 18.0. The van der Waals surface area contributed by atoms with Crippen LogP contribution in [0.3, 0.4) is 0 Å². The maximum Gasteiger partial charge on any atom is -0.00617 e. The zero-order valence-corrected chi connectivity index (χ0v) is 18.8. The molecule has 1 heterocycles. The second kappa shape index (κ2) is 7.25. The Morgan fingerprint density at radius 1 is 0.469 bits per heavy atom. The highest BCUT2D eigenvalue weighted by Gasteiger charge is 2.21. The predicted molar refractivity (Wildman–Crippen MR) is 143 cm³/mol. The van der Waals surface area contributed by atoms with E-state index in [-0.39, 0.29) is 0 Å². The van der Waals surface area contributed by atoms with E-state index in [4.69, 9.17) is 0 Å². The van der Waals surface area contributed by atoms with Gasteiger partial charge in [0, 0.05) is 0 Å². The van der Waals surface area contributed by atoms with Gasteiger partial charge >= 0.3 is 0 Å². The highest BCUT2D eigenvalue weighted by atomic mass is 32.2. The number of benzene rings is 6. The first-order valence-electron chi connectivity index (χ1n) is 11.6. The van der Waals surface area contributed by atoms with Crippen LogP contribution in [0.5, 0.6) is 0 Å². The summed E-state index contributed by atoms with van der Waals surface area (Å²) in [6.45, 7) is 0. The second-order valence-electron chi connectivity index (χ2n) is 9.18. The third-order valence-corrected chi connectivity index (χ3v) is 8.40. The molecule has 0 unspecified atom stereocenters. The molecule has 1 aliphatic rings. The number of hydrogen-bond acceptors (Lipinski definition) is 1. The normalized spacial score (nSPS) is 15.4. The van der Waals surface area contributed by atoms with E-state index in [1.807, 2.05) is 0 Å². The summed E-state index contributed by atoms with van der Waals surface area (Å²) in [4.78, 5) is 0. The summed E-state index contributed by atoms with van der Waals surface area (Å²) in [5.74, 6) is 3.22. The lowest BCUT2D eigenvalue weighted by atomic mass is 9.84. The Bertz CT molecular complexity index is 1650. The lowest BCUT2D eigenvalue weighted by molar-refractivity contribution is 0.646. The van der Waals surface area contributed by atoms with Crippen LogP contribution in [-0.2, 0) is 0 Å². The van der Waals surface area contributed by atoms with Gasteiger partial charge in [0.15, 0.2) is 0 Å². The molecule has 7 rings (SSSR count). The Balaban J connectivity index is 1.59. The van der Waals surface area contributed by atoms with Crippen LogP contribution in [0, 0.1) is 0 Å². The zero-order chi connectivity index (χ0) is 21.1. The van der Waals surface area contributed by atoms with Crippen molar-refractivity contribution in [3.63, 3.8) is 0 Å². The van der Waals surface area contributed by atoms with Crippen molar-refractivity contribution in [2.24, 2.45) is 0 Å². The highest BCUT2D eigenvalue weighted by Crippen LogP contribution is 2.42. The molecule has 6 aromatic rings. The number of fused-ring (bicyclic) bond motifs is 6. The first-order valence-corrected chi connectivity index (χ1v) is 12.8. The average Bonchev–Trinajstić information content (AvgIpc) is 2.85. The molecular weight excluding hydrogens is 404 g/mol. The Morgan fingerprint density at radius 3 is 1.84 bits per heavy atom. The van der Waals surface area contributed by atoms with E-state index < -0.39 is 0 Å². The van der Waals surface area contributed by atoms with Gasteiger partial charge in [-0.3, -0.25) is 0 Å². The molecule has 0 spiro atoms. The topological polar surface area (TPSA) is 0 Å². The fourth-order valence-electron chi connectivity index (χ4n) is 5.77. The molecule has 0 aliphatic carbocycles. The third-order valence-electron chi connectivity index (χ3n) is 7.35. The van der Waals surface area contributed by atoms with Crippen molar-refractivity contribution >= 4 is 65.6 Å². The monoisotopic (exact) mass is 428 g/mol. The van der Waals surface area contributed by atoms with Crippen LogP contribution >= 0.6 is 11.8 Å². The maximum absolute atomic E-state index is 2.43. The third kappa shape index (κ3) is 2.84. The van der Waals surface area contributed by atoms with Crippen LogP contribution in [0.15, 0.2) is 91.0 Å². The standard InChI is InChI=1S/C31H24S/c1-2-6-22-16-26-19-29-24(17-25(26)15-21(22)5-1)9-10-28-30(29)18-23-7-3-4-8-27(23)31(28)20-11-13-32-14-12-20/h1-10,15-20H,11-14H2. The van der Waals surface area contributed by atoms with E-state index in [0.717, 1.165) is 0 Å². The van der Waals surface area contributed by atoms with Crippen molar-refractivity contribution < 1.29 is 0 Å². The van der Waals surface area contributed by atoms with Gasteiger partial charge in [-0.05, 0) is 120 Å². The van der Waals surface area contributed by atoms with Crippen LogP contribution in [0.1, 0.15) is 24.3 Å². The van der Waals surface area contributed by atoms with Gasteiger partial charge in [-0.25, -0.2) is 0 Å². The minimum Gasteiger partial charge on any atom is -0.162 e. The van der Waals surface area contributed by atoms with Gasteiger partial charge in [0.25, 0.3) is 0 Å². The molecule has 0 N–H and O–H groups in total. The molecule has 0 atom stereocenters. The largest absolute Gasteiger partial charge is 0.162 e. The van der Waals surface area contributed by atoms with E-state index in [2.05, 4.69) is 103 Å². The molecule has 0 nitrogen and oxygen atoms in total.